The molecule has 0 unspecified atom stereocenters. The first-order valence-electron chi connectivity index (χ1n) is 5.38. The first-order valence-corrected chi connectivity index (χ1v) is 5.38. The smallest absolute Gasteiger partial charge is 0.125 e. The summed E-state index contributed by atoms with van der Waals surface area (Å²) in [6.45, 7) is 2.30. The van der Waals surface area contributed by atoms with Gasteiger partial charge in [0.15, 0.2) is 0 Å². The maximum absolute atomic E-state index is 13.1. The van der Waals surface area contributed by atoms with Crippen LogP contribution in [0.4, 0.5) is 10.1 Å². The predicted molar refractivity (Wildman–Crippen MR) is 66.3 cm³/mol. The van der Waals surface area contributed by atoms with E-state index in [1.807, 2.05) is 31.2 Å². The molecule has 0 aliphatic heterocycles. The number of anilines is 1. The Morgan fingerprint density at radius 2 is 2.00 bits per heavy atom. The number of aryl methyl sites for hydroxylation is 1. The summed E-state index contributed by atoms with van der Waals surface area (Å²) in [5, 5.41) is 0. The molecule has 88 valence electrons. The van der Waals surface area contributed by atoms with Gasteiger partial charge in [0.1, 0.15) is 18.2 Å². The van der Waals surface area contributed by atoms with Crippen molar-refractivity contribution in [2.24, 2.45) is 0 Å². The van der Waals surface area contributed by atoms with Gasteiger partial charge >= 0.3 is 0 Å². The molecule has 2 N–H and O–H groups in total. The lowest BCUT2D eigenvalue weighted by Gasteiger charge is -2.07. The van der Waals surface area contributed by atoms with Gasteiger partial charge in [-0.2, -0.15) is 0 Å². The first-order chi connectivity index (χ1) is 8.13. The van der Waals surface area contributed by atoms with Gasteiger partial charge < -0.3 is 10.5 Å². The van der Waals surface area contributed by atoms with Gasteiger partial charge in [-0.3, -0.25) is 0 Å². The number of hydrogen-bond acceptors (Lipinski definition) is 2. The van der Waals surface area contributed by atoms with E-state index in [0.717, 1.165) is 16.9 Å². The fraction of sp³-hybridized carbons (Fsp3) is 0.143. The zero-order chi connectivity index (χ0) is 12.3. The number of hydrogen-bond donors (Lipinski definition) is 1. The van der Waals surface area contributed by atoms with E-state index in [1.165, 1.54) is 12.1 Å². The molecular weight excluding hydrogens is 217 g/mol. The van der Waals surface area contributed by atoms with E-state index in [2.05, 4.69) is 0 Å². The van der Waals surface area contributed by atoms with Gasteiger partial charge in [0.05, 0.1) is 0 Å². The molecule has 2 aromatic carbocycles. The number of nitrogen functional groups attached to an aromatic ring is 1. The van der Waals surface area contributed by atoms with Crippen LogP contribution in [0.3, 0.4) is 0 Å². The summed E-state index contributed by atoms with van der Waals surface area (Å²) < 4.78 is 18.6. The third kappa shape index (κ3) is 3.21. The molecule has 2 rings (SSSR count). The van der Waals surface area contributed by atoms with Crippen molar-refractivity contribution in [3.63, 3.8) is 0 Å². The van der Waals surface area contributed by atoms with Crippen LogP contribution in [0, 0.1) is 12.7 Å². The molecule has 0 heterocycles. The maximum atomic E-state index is 13.1. The van der Waals surface area contributed by atoms with Crippen molar-refractivity contribution in [2.45, 2.75) is 13.5 Å². The monoisotopic (exact) mass is 231 g/mol. The zero-order valence-corrected chi connectivity index (χ0v) is 9.61. The van der Waals surface area contributed by atoms with Crippen LogP contribution >= 0.6 is 0 Å². The van der Waals surface area contributed by atoms with E-state index >= 15 is 0 Å². The Morgan fingerprint density at radius 1 is 1.18 bits per heavy atom. The molecular formula is C14H14FNO. The number of ether oxygens (including phenoxy) is 1. The van der Waals surface area contributed by atoms with Crippen molar-refractivity contribution >= 4 is 5.69 Å². The number of benzene rings is 2. The van der Waals surface area contributed by atoms with Crippen molar-refractivity contribution < 1.29 is 9.13 Å². The predicted octanol–water partition coefficient (Wildman–Crippen LogP) is 3.30. The van der Waals surface area contributed by atoms with Crippen molar-refractivity contribution in [3.05, 3.63) is 59.4 Å². The number of nitrogens with two attached hydrogens (primary N) is 1. The summed E-state index contributed by atoms with van der Waals surface area (Å²) in [6.07, 6.45) is 0. The van der Waals surface area contributed by atoms with Crippen molar-refractivity contribution in [3.8, 4) is 5.75 Å². The molecule has 0 atom stereocenters. The largest absolute Gasteiger partial charge is 0.489 e. The van der Waals surface area contributed by atoms with Crippen LogP contribution in [0.2, 0.25) is 0 Å². The van der Waals surface area contributed by atoms with Crippen molar-refractivity contribution in [2.75, 3.05) is 5.73 Å². The van der Waals surface area contributed by atoms with Crippen LogP contribution in [-0.2, 0) is 6.61 Å². The highest BCUT2D eigenvalue weighted by atomic mass is 19.1. The Kier molecular flexibility index (Phi) is 3.28. The second-order valence-corrected chi connectivity index (χ2v) is 4.00. The fourth-order valence-electron chi connectivity index (χ4n) is 1.63. The molecule has 0 saturated carbocycles. The summed E-state index contributed by atoms with van der Waals surface area (Å²) in [4.78, 5) is 0. The summed E-state index contributed by atoms with van der Waals surface area (Å²) in [7, 11) is 0. The Bertz CT molecular complexity index is 505. The molecule has 0 fully saturated rings. The SMILES string of the molecule is Cc1cccc(OCc2cc(N)cc(F)c2)c1. The van der Waals surface area contributed by atoms with E-state index in [0.29, 0.717) is 12.3 Å². The molecule has 0 aliphatic rings. The molecule has 2 nitrogen and oxygen atoms in total. The first kappa shape index (κ1) is 11.5. The highest BCUT2D eigenvalue weighted by Crippen LogP contribution is 2.16. The van der Waals surface area contributed by atoms with Gasteiger partial charge in [0.2, 0.25) is 0 Å². The van der Waals surface area contributed by atoms with Gasteiger partial charge in [0.25, 0.3) is 0 Å². The van der Waals surface area contributed by atoms with Crippen LogP contribution < -0.4 is 10.5 Å². The molecule has 0 aromatic heterocycles. The molecule has 0 aliphatic carbocycles. The lowest BCUT2D eigenvalue weighted by Crippen LogP contribution is -1.98. The number of halogens is 1. The standard InChI is InChI=1S/C14H14FNO/c1-10-3-2-4-14(5-10)17-9-11-6-12(15)8-13(16)7-11/h2-8H,9,16H2,1H3. The van der Waals surface area contributed by atoms with Crippen LogP contribution in [0.15, 0.2) is 42.5 Å². The molecule has 0 saturated heterocycles. The van der Waals surface area contributed by atoms with Gasteiger partial charge in [-0.1, -0.05) is 12.1 Å². The summed E-state index contributed by atoms with van der Waals surface area (Å²) in [5.74, 6) is 0.431. The van der Waals surface area contributed by atoms with Crippen LogP contribution in [0.25, 0.3) is 0 Å². The van der Waals surface area contributed by atoms with E-state index in [9.17, 15) is 4.39 Å². The van der Waals surface area contributed by atoms with E-state index in [4.69, 9.17) is 10.5 Å². The molecule has 0 spiro atoms. The van der Waals surface area contributed by atoms with Crippen molar-refractivity contribution in [1.82, 2.24) is 0 Å². The molecule has 2 aromatic rings. The van der Waals surface area contributed by atoms with Crippen molar-refractivity contribution in [1.29, 1.82) is 0 Å². The van der Waals surface area contributed by atoms with Gasteiger partial charge in [-0.05, 0) is 48.4 Å². The van der Waals surface area contributed by atoms with Gasteiger partial charge in [-0.15, -0.1) is 0 Å². The van der Waals surface area contributed by atoms with E-state index in [1.54, 1.807) is 6.07 Å². The minimum absolute atomic E-state index is 0.311. The third-order valence-electron chi connectivity index (χ3n) is 2.37. The molecule has 3 heteroatoms. The lowest BCUT2D eigenvalue weighted by atomic mass is 10.2. The topological polar surface area (TPSA) is 35.2 Å². The average Bonchev–Trinajstić information content (AvgIpc) is 2.25. The van der Waals surface area contributed by atoms with Gasteiger partial charge in [0, 0.05) is 5.69 Å². The highest BCUT2D eigenvalue weighted by Gasteiger charge is 2.00. The molecule has 0 bridgehead atoms. The van der Waals surface area contributed by atoms with Crippen LogP contribution in [-0.4, -0.2) is 0 Å². The molecule has 0 amide bonds. The normalized spacial score (nSPS) is 10.2. The third-order valence-corrected chi connectivity index (χ3v) is 2.37. The van der Waals surface area contributed by atoms with E-state index < -0.39 is 0 Å². The quantitative estimate of drug-likeness (QED) is 0.822. The zero-order valence-electron chi connectivity index (χ0n) is 9.61. The van der Waals surface area contributed by atoms with Gasteiger partial charge in [-0.25, -0.2) is 4.39 Å². The maximum Gasteiger partial charge on any atom is 0.125 e. The highest BCUT2D eigenvalue weighted by molar-refractivity contribution is 5.41. The van der Waals surface area contributed by atoms with Crippen LogP contribution in [0.5, 0.6) is 5.75 Å². The Hall–Kier alpha value is -2.03. The Balaban J connectivity index is 2.07. The second-order valence-electron chi connectivity index (χ2n) is 4.00. The molecule has 0 radical (unpaired) electrons. The lowest BCUT2D eigenvalue weighted by molar-refractivity contribution is 0.305. The second kappa shape index (κ2) is 4.87. The summed E-state index contributed by atoms with van der Waals surface area (Å²) in [5.41, 5.74) is 7.82. The Labute approximate surface area is 99.8 Å². The minimum Gasteiger partial charge on any atom is -0.489 e. The minimum atomic E-state index is -0.340. The summed E-state index contributed by atoms with van der Waals surface area (Å²) >= 11 is 0. The average molecular weight is 231 g/mol. The molecule has 17 heavy (non-hydrogen) atoms. The van der Waals surface area contributed by atoms with E-state index in [-0.39, 0.29) is 5.82 Å². The fourth-order valence-corrected chi connectivity index (χ4v) is 1.63. The Morgan fingerprint density at radius 3 is 2.71 bits per heavy atom. The van der Waals surface area contributed by atoms with Crippen LogP contribution in [0.1, 0.15) is 11.1 Å². The number of rotatable bonds is 3. The summed E-state index contributed by atoms with van der Waals surface area (Å²) in [6, 6.07) is 12.1.